The molecule has 1 amide bonds. The van der Waals surface area contributed by atoms with E-state index in [1.165, 1.54) is 96.3 Å². The summed E-state index contributed by atoms with van der Waals surface area (Å²) in [5.41, 5.74) is 0. The maximum Gasteiger partial charge on any atom is 0.306 e. The van der Waals surface area contributed by atoms with Crippen molar-refractivity contribution in [2.24, 2.45) is 0 Å². The smallest absolute Gasteiger partial charge is 0.306 e. The lowest BCUT2D eigenvalue weighted by molar-refractivity contribution is -0.870. The van der Waals surface area contributed by atoms with Crippen LogP contribution in [0.4, 0.5) is 0 Å². The predicted octanol–water partition coefficient (Wildman–Crippen LogP) is 14.5. The molecule has 0 rings (SSSR count). The number of nitrogens with one attached hydrogen (secondary N) is 1. The molecule has 0 radical (unpaired) electrons. The Hall–Kier alpha value is -2.29. The van der Waals surface area contributed by atoms with Gasteiger partial charge in [-0.2, -0.15) is 0 Å². The number of carbonyl (C=O) groups is 2. The van der Waals surface area contributed by atoms with Crippen LogP contribution < -0.4 is 10.2 Å². The number of likely N-dealkylation sites (N-methyl/N-ethyl adjacent to an activating group) is 1. The van der Waals surface area contributed by atoms with Crippen LogP contribution in [0.15, 0.2) is 60.8 Å². The molecule has 0 saturated carbocycles. The Balaban J connectivity index is 5.45. The van der Waals surface area contributed by atoms with Gasteiger partial charge in [-0.3, -0.25) is 14.2 Å². The Bertz CT molecular complexity index is 1290. The van der Waals surface area contributed by atoms with Crippen LogP contribution >= 0.6 is 7.82 Å². The van der Waals surface area contributed by atoms with Gasteiger partial charge >= 0.3 is 5.97 Å². The van der Waals surface area contributed by atoms with Gasteiger partial charge in [0.2, 0.25) is 5.91 Å². The minimum Gasteiger partial charge on any atom is -0.756 e. The van der Waals surface area contributed by atoms with E-state index in [-0.39, 0.29) is 31.3 Å². The second-order valence-corrected chi connectivity index (χ2v) is 20.1. The number of rotatable bonds is 46. The van der Waals surface area contributed by atoms with Gasteiger partial charge in [0.1, 0.15) is 19.3 Å². The first-order valence-electron chi connectivity index (χ1n) is 26.1. The average molecular weight is 919 g/mol. The van der Waals surface area contributed by atoms with Crippen LogP contribution in [0.25, 0.3) is 0 Å². The fraction of sp³-hybridized carbons (Fsp3) is 0.778. The zero-order valence-electron chi connectivity index (χ0n) is 42.2. The molecule has 0 aliphatic rings. The summed E-state index contributed by atoms with van der Waals surface area (Å²) in [5, 5.41) is 2.99. The van der Waals surface area contributed by atoms with Gasteiger partial charge in [-0.05, 0) is 70.3 Å². The van der Waals surface area contributed by atoms with E-state index in [1.807, 2.05) is 33.3 Å². The molecule has 10 heteroatoms. The lowest BCUT2D eigenvalue weighted by atomic mass is 10.0. The van der Waals surface area contributed by atoms with E-state index in [1.54, 1.807) is 0 Å². The average Bonchev–Trinajstić information content (AvgIpc) is 3.25. The Morgan fingerprint density at radius 3 is 1.52 bits per heavy atom. The van der Waals surface area contributed by atoms with Crippen LogP contribution in [0, 0.1) is 0 Å². The number of unbranched alkanes of at least 4 members (excludes halogenated alkanes) is 22. The molecule has 0 aromatic carbocycles. The Labute approximate surface area is 394 Å². The highest BCUT2D eigenvalue weighted by Crippen LogP contribution is 2.38. The van der Waals surface area contributed by atoms with Crippen molar-refractivity contribution < 1.29 is 37.3 Å². The number of phosphoric acid groups is 1. The Morgan fingerprint density at radius 2 is 1.00 bits per heavy atom. The summed E-state index contributed by atoms with van der Waals surface area (Å²) in [6.45, 7) is 6.67. The summed E-state index contributed by atoms with van der Waals surface area (Å²) in [5.74, 6) is -0.580. The first-order chi connectivity index (χ1) is 30.9. The van der Waals surface area contributed by atoms with Crippen LogP contribution in [0.1, 0.15) is 220 Å². The summed E-state index contributed by atoms with van der Waals surface area (Å²) in [4.78, 5) is 39.6. The van der Waals surface area contributed by atoms with Gasteiger partial charge in [-0.15, -0.1) is 0 Å². The van der Waals surface area contributed by atoms with Gasteiger partial charge in [0, 0.05) is 12.8 Å². The summed E-state index contributed by atoms with van der Waals surface area (Å²) in [6, 6.07) is -0.901. The summed E-state index contributed by atoms with van der Waals surface area (Å²) < 4.78 is 30.1. The molecule has 0 fully saturated rings. The van der Waals surface area contributed by atoms with Gasteiger partial charge in [0.25, 0.3) is 7.82 Å². The van der Waals surface area contributed by atoms with Crippen molar-refractivity contribution in [1.82, 2.24) is 5.32 Å². The number of hydrogen-bond donors (Lipinski definition) is 1. The molecule has 0 aromatic rings. The third kappa shape index (κ3) is 44.9. The predicted molar refractivity (Wildman–Crippen MR) is 270 cm³/mol. The molecule has 372 valence electrons. The minimum absolute atomic E-state index is 0.0295. The number of ether oxygens (including phenoxy) is 1. The molecule has 0 saturated heterocycles. The summed E-state index contributed by atoms with van der Waals surface area (Å²) in [7, 11) is 1.16. The molecule has 0 aliphatic carbocycles. The number of quaternary nitrogens is 1. The first kappa shape index (κ1) is 61.7. The topological polar surface area (TPSA) is 114 Å². The highest BCUT2D eigenvalue weighted by molar-refractivity contribution is 7.45. The van der Waals surface area contributed by atoms with Gasteiger partial charge in [-0.1, -0.05) is 197 Å². The maximum absolute atomic E-state index is 13.4. The molecule has 9 nitrogen and oxygen atoms in total. The minimum atomic E-state index is -4.69. The van der Waals surface area contributed by atoms with E-state index >= 15 is 0 Å². The van der Waals surface area contributed by atoms with E-state index < -0.39 is 26.6 Å². The van der Waals surface area contributed by atoms with Crippen molar-refractivity contribution in [2.45, 2.75) is 232 Å². The highest BCUT2D eigenvalue weighted by Gasteiger charge is 2.27. The lowest BCUT2D eigenvalue weighted by Gasteiger charge is -2.30. The van der Waals surface area contributed by atoms with Gasteiger partial charge in [-0.25, -0.2) is 0 Å². The number of nitrogens with zero attached hydrogens (tertiary/aromatic N) is 1. The standard InChI is InChI=1S/C54H99N2O7P/c1-7-10-13-16-19-22-25-26-27-28-29-32-34-37-40-43-46-53(57)55-51(50-62-64(59,60)61-49-48-56(4,5)6)52(45-42-39-36-33-30-23-20-17-14-11-8-2)63-54(58)47-44-41-38-35-31-24-21-18-15-12-9-3/h10,13,19,22,26-27,29,32,42,45,51-52H,7-9,11-12,14-18,20-21,23-25,28,30-31,33-41,43-44,46-50H2,1-6H3,(H-,55,57,59,60)/b13-10+,22-19+,27-26+,32-29+,45-42-. The molecule has 0 heterocycles. The number of hydrogen-bond acceptors (Lipinski definition) is 7. The zero-order valence-corrected chi connectivity index (χ0v) is 43.1. The maximum atomic E-state index is 13.4. The monoisotopic (exact) mass is 919 g/mol. The van der Waals surface area contributed by atoms with E-state index in [2.05, 4.69) is 74.7 Å². The van der Waals surface area contributed by atoms with Crippen LogP contribution in [-0.4, -0.2) is 69.4 Å². The lowest BCUT2D eigenvalue weighted by Crippen LogP contribution is -2.47. The third-order valence-corrected chi connectivity index (χ3v) is 12.2. The molecular weight excluding hydrogens is 820 g/mol. The SMILES string of the molecule is CC/C=C/C/C=C/C/C=C/C/C=C/CCCCCC(=O)NC(COP(=O)([O-])OCC[N+](C)(C)C)C(/C=C\CCCCCCCCCCC)OC(=O)CCCCCCCCCCCCC. The quantitative estimate of drug-likeness (QED) is 0.0213. The zero-order chi connectivity index (χ0) is 47.3. The summed E-state index contributed by atoms with van der Waals surface area (Å²) >= 11 is 0. The van der Waals surface area contributed by atoms with E-state index in [9.17, 15) is 19.0 Å². The van der Waals surface area contributed by atoms with E-state index in [0.29, 0.717) is 17.4 Å². The molecule has 0 bridgehead atoms. The molecule has 1 N–H and O–H groups in total. The van der Waals surface area contributed by atoms with Crippen molar-refractivity contribution >= 4 is 19.7 Å². The number of phosphoric ester groups is 1. The van der Waals surface area contributed by atoms with Crippen LogP contribution in [0.3, 0.4) is 0 Å². The van der Waals surface area contributed by atoms with Crippen molar-refractivity contribution in [2.75, 3.05) is 40.9 Å². The Kier molecular flexibility index (Phi) is 42.9. The molecule has 0 aromatic heterocycles. The number of carbonyl (C=O) groups excluding carboxylic acids is 2. The van der Waals surface area contributed by atoms with Gasteiger partial charge < -0.3 is 28.5 Å². The van der Waals surface area contributed by atoms with E-state index in [4.69, 9.17) is 13.8 Å². The largest absolute Gasteiger partial charge is 0.756 e. The highest BCUT2D eigenvalue weighted by atomic mass is 31.2. The molecular formula is C54H99N2O7P. The van der Waals surface area contributed by atoms with Crippen molar-refractivity contribution in [3.8, 4) is 0 Å². The summed E-state index contributed by atoms with van der Waals surface area (Å²) in [6.07, 6.45) is 53.3. The second kappa shape index (κ2) is 44.5. The van der Waals surface area contributed by atoms with E-state index in [0.717, 1.165) is 83.5 Å². The fourth-order valence-corrected chi connectivity index (χ4v) is 7.88. The second-order valence-electron chi connectivity index (χ2n) is 18.6. The van der Waals surface area contributed by atoms with Crippen molar-refractivity contribution in [3.63, 3.8) is 0 Å². The first-order valence-corrected chi connectivity index (χ1v) is 27.6. The van der Waals surface area contributed by atoms with Crippen LogP contribution in [-0.2, 0) is 27.9 Å². The normalized spacial score (nSPS) is 14.4. The molecule has 64 heavy (non-hydrogen) atoms. The molecule has 0 spiro atoms. The fourth-order valence-electron chi connectivity index (χ4n) is 7.16. The van der Waals surface area contributed by atoms with Gasteiger partial charge in [0.15, 0.2) is 0 Å². The van der Waals surface area contributed by atoms with Crippen molar-refractivity contribution in [3.05, 3.63) is 60.8 Å². The third-order valence-electron chi connectivity index (χ3n) is 11.2. The number of allylic oxidation sites excluding steroid dienone is 9. The van der Waals surface area contributed by atoms with Crippen LogP contribution in [0.2, 0.25) is 0 Å². The molecule has 3 unspecified atom stereocenters. The van der Waals surface area contributed by atoms with Gasteiger partial charge in [0.05, 0.1) is 33.8 Å². The van der Waals surface area contributed by atoms with Crippen LogP contribution in [0.5, 0.6) is 0 Å². The molecule has 0 aliphatic heterocycles. The number of esters is 1. The molecule has 3 atom stereocenters. The number of amides is 1. The van der Waals surface area contributed by atoms with Crippen molar-refractivity contribution in [1.29, 1.82) is 0 Å². The Morgan fingerprint density at radius 1 is 0.562 bits per heavy atom.